The Hall–Kier alpha value is -4.44. The van der Waals surface area contributed by atoms with Crippen molar-refractivity contribution in [3.05, 3.63) is 83.2 Å². The second-order valence-corrected chi connectivity index (χ2v) is 6.77. The summed E-state index contributed by atoms with van der Waals surface area (Å²) in [6.07, 6.45) is 0.309. The van der Waals surface area contributed by atoms with Gasteiger partial charge in [-0.25, -0.2) is 4.39 Å². The molecule has 0 aliphatic carbocycles. The van der Waals surface area contributed by atoms with Gasteiger partial charge in [0.2, 0.25) is 5.76 Å². The second kappa shape index (κ2) is 9.79. The first-order chi connectivity index (χ1) is 15.7. The topological polar surface area (TPSA) is 98.3 Å². The average molecular weight is 454 g/mol. The molecule has 1 N–H and O–H groups in total. The molecule has 2 aromatic rings. The fourth-order valence-corrected chi connectivity index (χ4v) is 2.98. The molecule has 0 aromatic heterocycles. The van der Waals surface area contributed by atoms with Gasteiger partial charge in [0.05, 0.1) is 35.7 Å². The number of benzene rings is 2. The summed E-state index contributed by atoms with van der Waals surface area (Å²) in [4.78, 5) is 16.0. The van der Waals surface area contributed by atoms with Gasteiger partial charge in [-0.05, 0) is 41.0 Å². The monoisotopic (exact) mass is 454 g/mol. The van der Waals surface area contributed by atoms with Crippen LogP contribution in [0, 0.1) is 28.5 Å². The lowest BCUT2D eigenvalue weighted by Gasteiger charge is -2.14. The number of amides is 1. The van der Waals surface area contributed by atoms with E-state index in [1.165, 1.54) is 42.8 Å². The Kier molecular flexibility index (Phi) is 6.89. The molecule has 0 saturated carbocycles. The van der Waals surface area contributed by atoms with Crippen molar-refractivity contribution in [2.75, 3.05) is 0 Å². The summed E-state index contributed by atoms with van der Waals surface area (Å²) in [7, 11) is 0. The van der Waals surface area contributed by atoms with Crippen LogP contribution in [-0.4, -0.2) is 18.2 Å². The number of aliphatic imine (C=N–C) groups is 1. The molecule has 6 nitrogen and oxygen atoms in total. The van der Waals surface area contributed by atoms with Crippen LogP contribution in [0.3, 0.4) is 0 Å². The van der Waals surface area contributed by atoms with E-state index in [9.17, 15) is 27.6 Å². The standard InChI is InChI=1S/C23H14F4N4O2/c24-20-10-15(14-3-5-17(11-28)19(9-14)23(25,26)27)2-4-16(20)8-18(12-29)31-22(32)21-13-30-6-1-7-33-21/h1-7,9-10,13,18H,8H2,(H,31,32)/t18-/m0/s1. The molecule has 1 aliphatic heterocycles. The number of ether oxygens (including phenoxy) is 1. The van der Waals surface area contributed by atoms with Crippen LogP contribution in [0.5, 0.6) is 0 Å². The predicted molar refractivity (Wildman–Crippen MR) is 110 cm³/mol. The fourth-order valence-electron chi connectivity index (χ4n) is 2.98. The van der Waals surface area contributed by atoms with Gasteiger partial charge in [0.25, 0.3) is 5.91 Å². The first kappa shape index (κ1) is 23.2. The molecule has 0 bridgehead atoms. The molecule has 0 fully saturated rings. The second-order valence-electron chi connectivity index (χ2n) is 6.77. The van der Waals surface area contributed by atoms with Crippen molar-refractivity contribution in [2.24, 2.45) is 4.99 Å². The summed E-state index contributed by atoms with van der Waals surface area (Å²) in [6, 6.07) is 9.08. The summed E-state index contributed by atoms with van der Waals surface area (Å²) < 4.78 is 59.4. The normalized spacial score (nSPS) is 13.7. The lowest BCUT2D eigenvalue weighted by Crippen LogP contribution is -2.36. The van der Waals surface area contributed by atoms with Gasteiger partial charge in [0.15, 0.2) is 0 Å². The quantitative estimate of drug-likeness (QED) is 0.678. The Morgan fingerprint density at radius 3 is 2.55 bits per heavy atom. The number of hydrogen-bond donors (Lipinski definition) is 1. The number of nitriles is 2. The molecule has 33 heavy (non-hydrogen) atoms. The van der Waals surface area contributed by atoms with E-state index in [1.54, 1.807) is 0 Å². The zero-order chi connectivity index (χ0) is 24.0. The van der Waals surface area contributed by atoms with E-state index in [0.717, 1.165) is 24.4 Å². The minimum Gasteiger partial charge on any atom is -0.458 e. The maximum absolute atomic E-state index is 14.7. The Balaban J connectivity index is 1.79. The van der Waals surface area contributed by atoms with Crippen LogP contribution in [-0.2, 0) is 22.1 Å². The highest BCUT2D eigenvalue weighted by Crippen LogP contribution is 2.35. The number of allylic oxidation sites excluding steroid dienone is 1. The molecule has 1 aliphatic rings. The summed E-state index contributed by atoms with van der Waals surface area (Å²) in [5.41, 5.74) is -1.35. The number of hydrogen-bond acceptors (Lipinski definition) is 5. The molecule has 1 amide bonds. The molecule has 1 heterocycles. The number of carbonyl (C=O) groups is 1. The van der Waals surface area contributed by atoms with Gasteiger partial charge in [0.1, 0.15) is 11.9 Å². The number of nitrogens with zero attached hydrogens (tertiary/aromatic N) is 3. The van der Waals surface area contributed by atoms with Gasteiger partial charge in [-0.1, -0.05) is 18.2 Å². The summed E-state index contributed by atoms with van der Waals surface area (Å²) in [5.74, 6) is -1.64. The van der Waals surface area contributed by atoms with Crippen LogP contribution in [0.4, 0.5) is 17.6 Å². The van der Waals surface area contributed by atoms with Crippen LogP contribution in [0.15, 0.2) is 65.7 Å². The molecule has 0 spiro atoms. The van der Waals surface area contributed by atoms with E-state index in [-0.39, 0.29) is 28.9 Å². The van der Waals surface area contributed by atoms with Crippen LogP contribution in [0.25, 0.3) is 11.1 Å². The molecular formula is C23H14F4N4O2. The first-order valence-corrected chi connectivity index (χ1v) is 9.38. The van der Waals surface area contributed by atoms with Gasteiger partial charge in [0, 0.05) is 12.6 Å². The third-order valence-electron chi connectivity index (χ3n) is 4.58. The Bertz CT molecular complexity index is 1250. The highest BCUT2D eigenvalue weighted by molar-refractivity contribution is 5.92. The lowest BCUT2D eigenvalue weighted by atomic mass is 9.97. The van der Waals surface area contributed by atoms with Crippen molar-refractivity contribution in [3.8, 4) is 23.3 Å². The highest BCUT2D eigenvalue weighted by atomic mass is 19.4. The van der Waals surface area contributed by atoms with Crippen molar-refractivity contribution in [2.45, 2.75) is 18.6 Å². The minimum absolute atomic E-state index is 0.0722. The zero-order valence-corrected chi connectivity index (χ0v) is 16.7. The molecule has 3 rings (SSSR count). The molecular weight excluding hydrogens is 440 g/mol. The van der Waals surface area contributed by atoms with Crippen LogP contribution < -0.4 is 5.32 Å². The van der Waals surface area contributed by atoms with Crippen molar-refractivity contribution in [1.82, 2.24) is 5.32 Å². The van der Waals surface area contributed by atoms with E-state index >= 15 is 0 Å². The van der Waals surface area contributed by atoms with Gasteiger partial charge < -0.3 is 10.1 Å². The van der Waals surface area contributed by atoms with Gasteiger partial charge in [-0.15, -0.1) is 0 Å². The summed E-state index contributed by atoms with van der Waals surface area (Å²) >= 11 is 0. The first-order valence-electron chi connectivity index (χ1n) is 9.38. The Morgan fingerprint density at radius 1 is 1.15 bits per heavy atom. The van der Waals surface area contributed by atoms with E-state index in [1.807, 2.05) is 6.07 Å². The maximum Gasteiger partial charge on any atom is 0.417 e. The average Bonchev–Trinajstić information content (AvgIpc) is 3.08. The third-order valence-corrected chi connectivity index (χ3v) is 4.58. The van der Waals surface area contributed by atoms with Crippen LogP contribution in [0.2, 0.25) is 0 Å². The number of halogens is 4. The highest BCUT2D eigenvalue weighted by Gasteiger charge is 2.34. The van der Waals surface area contributed by atoms with E-state index in [2.05, 4.69) is 10.3 Å². The number of nitrogens with one attached hydrogen (secondary N) is 1. The molecule has 166 valence electrons. The Labute approximate surface area is 185 Å². The van der Waals surface area contributed by atoms with Crippen molar-refractivity contribution in [3.63, 3.8) is 0 Å². The van der Waals surface area contributed by atoms with Crippen molar-refractivity contribution >= 4 is 12.1 Å². The van der Waals surface area contributed by atoms with Crippen LogP contribution >= 0.6 is 0 Å². The minimum atomic E-state index is -4.74. The molecule has 0 saturated heterocycles. The Morgan fingerprint density at radius 2 is 1.88 bits per heavy atom. The molecule has 0 radical (unpaired) electrons. The van der Waals surface area contributed by atoms with Gasteiger partial charge >= 0.3 is 6.18 Å². The van der Waals surface area contributed by atoms with E-state index < -0.39 is 35.1 Å². The van der Waals surface area contributed by atoms with Crippen molar-refractivity contribution in [1.29, 1.82) is 10.5 Å². The molecule has 0 unspecified atom stereocenters. The maximum atomic E-state index is 14.7. The third kappa shape index (κ3) is 5.63. The molecule has 2 aromatic carbocycles. The number of alkyl halides is 3. The SMILES string of the molecule is N#Cc1ccc(-c2ccc(C[C@@H](C#N)NC(=O)C3=CN=CC=CO3)c(F)c2)cc1C(F)(F)F. The fraction of sp³-hybridized carbons (Fsp3) is 0.130. The smallest absolute Gasteiger partial charge is 0.417 e. The zero-order valence-electron chi connectivity index (χ0n) is 16.7. The predicted octanol–water partition coefficient (Wildman–Crippen LogP) is 4.39. The van der Waals surface area contributed by atoms with E-state index in [0.29, 0.717) is 0 Å². The van der Waals surface area contributed by atoms with Gasteiger partial charge in [-0.3, -0.25) is 9.79 Å². The van der Waals surface area contributed by atoms with Crippen molar-refractivity contribution < 1.29 is 27.1 Å². The summed E-state index contributed by atoms with van der Waals surface area (Å²) in [5, 5.41) is 20.6. The van der Waals surface area contributed by atoms with E-state index in [4.69, 9.17) is 10.00 Å². The molecule has 10 heteroatoms. The van der Waals surface area contributed by atoms with Gasteiger partial charge in [-0.2, -0.15) is 23.7 Å². The summed E-state index contributed by atoms with van der Waals surface area (Å²) in [6.45, 7) is 0. The molecule has 1 atom stereocenters. The number of rotatable bonds is 5. The largest absolute Gasteiger partial charge is 0.458 e. The number of carbonyl (C=O) groups excluding carboxylic acids is 1. The van der Waals surface area contributed by atoms with Crippen LogP contribution in [0.1, 0.15) is 16.7 Å². The lowest BCUT2D eigenvalue weighted by molar-refractivity contribution is -0.137.